The number of carbonyl (C=O) groups is 1. The van der Waals surface area contributed by atoms with Crippen LogP contribution in [-0.2, 0) is 6.61 Å². The number of hydrogen-bond acceptors (Lipinski definition) is 4. The van der Waals surface area contributed by atoms with Gasteiger partial charge in [0.1, 0.15) is 12.3 Å². The molecule has 22 heavy (non-hydrogen) atoms. The second-order valence-electron chi connectivity index (χ2n) is 5.18. The molecule has 4 heteroatoms. The molecule has 0 aliphatic heterocycles. The second-order valence-corrected chi connectivity index (χ2v) is 5.18. The summed E-state index contributed by atoms with van der Waals surface area (Å²) >= 11 is 0. The Hall–Kier alpha value is -2.75. The van der Waals surface area contributed by atoms with Gasteiger partial charge in [0.2, 0.25) is 0 Å². The molecule has 110 valence electrons. The van der Waals surface area contributed by atoms with Crippen LogP contribution in [0.4, 0.5) is 0 Å². The van der Waals surface area contributed by atoms with Crippen LogP contribution in [0.1, 0.15) is 27.4 Å². The highest BCUT2D eigenvalue weighted by molar-refractivity contribution is 5.84. The summed E-state index contributed by atoms with van der Waals surface area (Å²) in [6.07, 6.45) is 2.49. The normalized spacial score (nSPS) is 10.6. The number of ether oxygens (including phenoxy) is 1. The Morgan fingerprint density at radius 1 is 1.18 bits per heavy atom. The maximum absolute atomic E-state index is 11.2. The van der Waals surface area contributed by atoms with E-state index in [4.69, 9.17) is 4.74 Å². The third-order valence-electron chi connectivity index (χ3n) is 3.53. The molecule has 0 unspecified atom stereocenters. The Balaban J connectivity index is 1.93. The highest BCUT2D eigenvalue weighted by Crippen LogP contribution is 2.24. The molecular formula is C18H16N2O2. The Morgan fingerprint density at radius 3 is 2.82 bits per heavy atom. The van der Waals surface area contributed by atoms with E-state index in [9.17, 15) is 4.79 Å². The van der Waals surface area contributed by atoms with Crippen LogP contribution in [0.25, 0.3) is 10.8 Å². The minimum Gasteiger partial charge on any atom is -0.485 e. The van der Waals surface area contributed by atoms with Crippen LogP contribution in [-0.4, -0.2) is 16.3 Å². The van der Waals surface area contributed by atoms with Crippen molar-refractivity contribution in [3.63, 3.8) is 0 Å². The summed E-state index contributed by atoms with van der Waals surface area (Å²) < 4.78 is 5.85. The summed E-state index contributed by atoms with van der Waals surface area (Å²) in [6, 6.07) is 11.9. The SMILES string of the molecule is Cc1cc(C)c(OCc2nccc3ccccc23)c(C=O)n1. The molecule has 0 aliphatic rings. The molecule has 0 amide bonds. The lowest BCUT2D eigenvalue weighted by molar-refractivity contribution is 0.111. The minimum atomic E-state index is 0.299. The number of benzene rings is 1. The molecule has 2 aromatic heterocycles. The van der Waals surface area contributed by atoms with Gasteiger partial charge in [0.05, 0.1) is 5.69 Å². The first-order chi connectivity index (χ1) is 10.7. The van der Waals surface area contributed by atoms with E-state index in [1.165, 1.54) is 0 Å². The van der Waals surface area contributed by atoms with Gasteiger partial charge in [-0.15, -0.1) is 0 Å². The fourth-order valence-corrected chi connectivity index (χ4v) is 2.56. The van der Waals surface area contributed by atoms with Crippen LogP contribution in [0.2, 0.25) is 0 Å². The summed E-state index contributed by atoms with van der Waals surface area (Å²) in [6.45, 7) is 4.07. The maximum Gasteiger partial charge on any atom is 0.172 e. The zero-order valence-electron chi connectivity index (χ0n) is 12.5. The zero-order valence-corrected chi connectivity index (χ0v) is 12.5. The summed E-state index contributed by atoms with van der Waals surface area (Å²) in [5.74, 6) is 0.523. The number of rotatable bonds is 4. The summed E-state index contributed by atoms with van der Waals surface area (Å²) in [5, 5.41) is 2.17. The van der Waals surface area contributed by atoms with Crippen LogP contribution in [0.15, 0.2) is 42.6 Å². The molecule has 0 atom stereocenters. The predicted octanol–water partition coefficient (Wildman–Crippen LogP) is 3.64. The molecule has 0 fully saturated rings. The second kappa shape index (κ2) is 5.93. The summed E-state index contributed by atoms with van der Waals surface area (Å²) in [7, 11) is 0. The number of fused-ring (bicyclic) bond motifs is 1. The van der Waals surface area contributed by atoms with Gasteiger partial charge in [-0.05, 0) is 36.9 Å². The molecule has 0 radical (unpaired) electrons. The van der Waals surface area contributed by atoms with Gasteiger partial charge in [-0.2, -0.15) is 0 Å². The molecule has 0 spiro atoms. The first-order valence-electron chi connectivity index (χ1n) is 7.08. The van der Waals surface area contributed by atoms with Crippen LogP contribution in [0.3, 0.4) is 0 Å². The number of hydrogen-bond donors (Lipinski definition) is 0. The van der Waals surface area contributed by atoms with E-state index in [1.807, 2.05) is 50.2 Å². The molecule has 2 heterocycles. The molecule has 3 rings (SSSR count). The first kappa shape index (κ1) is 14.2. The van der Waals surface area contributed by atoms with Crippen molar-refractivity contribution in [1.82, 2.24) is 9.97 Å². The third kappa shape index (κ3) is 2.68. The van der Waals surface area contributed by atoms with E-state index in [0.717, 1.165) is 34.0 Å². The van der Waals surface area contributed by atoms with E-state index in [-0.39, 0.29) is 0 Å². The highest BCUT2D eigenvalue weighted by atomic mass is 16.5. The van der Waals surface area contributed by atoms with E-state index < -0.39 is 0 Å². The van der Waals surface area contributed by atoms with Crippen molar-refractivity contribution >= 4 is 17.1 Å². The Bertz CT molecular complexity index is 838. The molecule has 0 bridgehead atoms. The van der Waals surface area contributed by atoms with Crippen LogP contribution >= 0.6 is 0 Å². The van der Waals surface area contributed by atoms with Crippen LogP contribution in [0.5, 0.6) is 5.75 Å². The van der Waals surface area contributed by atoms with Gasteiger partial charge in [0, 0.05) is 17.3 Å². The smallest absolute Gasteiger partial charge is 0.172 e. The van der Waals surface area contributed by atoms with Crippen molar-refractivity contribution in [3.8, 4) is 5.75 Å². The van der Waals surface area contributed by atoms with E-state index in [2.05, 4.69) is 9.97 Å². The van der Waals surface area contributed by atoms with E-state index in [1.54, 1.807) is 6.20 Å². The van der Waals surface area contributed by atoms with Crippen molar-refractivity contribution in [3.05, 3.63) is 65.2 Å². The van der Waals surface area contributed by atoms with E-state index >= 15 is 0 Å². The highest BCUT2D eigenvalue weighted by Gasteiger charge is 2.11. The lowest BCUT2D eigenvalue weighted by atomic mass is 10.1. The lowest BCUT2D eigenvalue weighted by Crippen LogP contribution is -2.05. The molecule has 1 aromatic carbocycles. The number of aldehydes is 1. The van der Waals surface area contributed by atoms with Crippen LogP contribution < -0.4 is 4.74 Å². The molecule has 0 N–H and O–H groups in total. The summed E-state index contributed by atoms with van der Waals surface area (Å²) in [4.78, 5) is 19.8. The van der Waals surface area contributed by atoms with Gasteiger partial charge in [-0.1, -0.05) is 24.3 Å². The quantitative estimate of drug-likeness (QED) is 0.689. The predicted molar refractivity (Wildman–Crippen MR) is 85.2 cm³/mol. The monoisotopic (exact) mass is 292 g/mol. The zero-order chi connectivity index (χ0) is 15.5. The minimum absolute atomic E-state index is 0.299. The first-order valence-corrected chi connectivity index (χ1v) is 7.08. The summed E-state index contributed by atoms with van der Waals surface area (Å²) in [5.41, 5.74) is 2.87. The van der Waals surface area contributed by atoms with Gasteiger partial charge in [0.15, 0.2) is 12.0 Å². The molecule has 4 nitrogen and oxygen atoms in total. The fraction of sp³-hybridized carbons (Fsp3) is 0.167. The Labute approximate surface area is 128 Å². The number of aromatic nitrogens is 2. The standard InChI is InChI=1S/C18H16N2O2/c1-12-9-13(2)20-16(10-21)18(12)22-11-17-15-6-4-3-5-14(15)7-8-19-17/h3-10H,11H2,1-2H3. The van der Waals surface area contributed by atoms with Gasteiger partial charge in [-0.25, -0.2) is 4.98 Å². The molecule has 0 aliphatic carbocycles. The van der Waals surface area contributed by atoms with Crippen molar-refractivity contribution in [1.29, 1.82) is 0 Å². The Kier molecular flexibility index (Phi) is 3.83. The van der Waals surface area contributed by atoms with Crippen LogP contribution in [0, 0.1) is 13.8 Å². The largest absolute Gasteiger partial charge is 0.485 e. The van der Waals surface area contributed by atoms with E-state index in [0.29, 0.717) is 18.1 Å². The molecule has 3 aromatic rings. The lowest BCUT2D eigenvalue weighted by Gasteiger charge is -2.12. The van der Waals surface area contributed by atoms with Gasteiger partial charge in [0.25, 0.3) is 0 Å². The maximum atomic E-state index is 11.2. The number of aryl methyl sites for hydroxylation is 2. The van der Waals surface area contributed by atoms with Gasteiger partial charge >= 0.3 is 0 Å². The number of pyridine rings is 2. The van der Waals surface area contributed by atoms with Crippen molar-refractivity contribution in [2.45, 2.75) is 20.5 Å². The molecule has 0 saturated heterocycles. The van der Waals surface area contributed by atoms with Crippen molar-refractivity contribution in [2.75, 3.05) is 0 Å². The molecular weight excluding hydrogens is 276 g/mol. The number of carbonyl (C=O) groups excluding carboxylic acids is 1. The average molecular weight is 292 g/mol. The average Bonchev–Trinajstić information content (AvgIpc) is 2.53. The van der Waals surface area contributed by atoms with Crippen molar-refractivity contribution < 1.29 is 9.53 Å². The van der Waals surface area contributed by atoms with Gasteiger partial charge < -0.3 is 4.74 Å². The topological polar surface area (TPSA) is 52.1 Å². The Morgan fingerprint density at radius 2 is 2.00 bits per heavy atom. The molecule has 0 saturated carbocycles. The van der Waals surface area contributed by atoms with Gasteiger partial charge in [-0.3, -0.25) is 9.78 Å². The van der Waals surface area contributed by atoms with Crippen molar-refractivity contribution in [2.24, 2.45) is 0 Å². The third-order valence-corrected chi connectivity index (χ3v) is 3.53. The fourth-order valence-electron chi connectivity index (χ4n) is 2.56. The number of nitrogens with zero attached hydrogens (tertiary/aromatic N) is 2.